The van der Waals surface area contributed by atoms with Crippen LogP contribution in [0.2, 0.25) is 8.67 Å². The fourth-order valence-electron chi connectivity index (χ4n) is 1.86. The fourth-order valence-corrected chi connectivity index (χ4v) is 4.43. The Morgan fingerprint density at radius 3 is 2.68 bits per heavy atom. The molecule has 2 aromatic heterocycles. The molecule has 3 aromatic rings. The van der Waals surface area contributed by atoms with Crippen LogP contribution in [0.15, 0.2) is 30.3 Å². The highest BCUT2D eigenvalue weighted by Gasteiger charge is 2.17. The third-order valence-electron chi connectivity index (χ3n) is 2.75. The summed E-state index contributed by atoms with van der Waals surface area (Å²) in [7, 11) is 0. The van der Waals surface area contributed by atoms with Crippen LogP contribution in [0.5, 0.6) is 0 Å². The highest BCUT2D eigenvalue weighted by Crippen LogP contribution is 2.36. The van der Waals surface area contributed by atoms with Crippen molar-refractivity contribution in [1.29, 1.82) is 0 Å². The summed E-state index contributed by atoms with van der Waals surface area (Å²) >= 11 is 14.8. The summed E-state index contributed by atoms with van der Waals surface area (Å²) in [5.74, 6) is 0. The first-order chi connectivity index (χ1) is 9.13. The molecule has 1 N–H and O–H groups in total. The van der Waals surface area contributed by atoms with E-state index < -0.39 is 6.10 Å². The number of benzene rings is 1. The first-order valence-corrected chi connectivity index (χ1v) is 7.99. The maximum absolute atomic E-state index is 10.2. The lowest BCUT2D eigenvalue weighted by atomic mass is 10.1. The predicted octanol–water partition coefficient (Wildman–Crippen LogP) is 4.94. The number of rotatable bonds is 3. The second-order valence-electron chi connectivity index (χ2n) is 4.07. The monoisotopic (exact) mass is 329 g/mol. The summed E-state index contributed by atoms with van der Waals surface area (Å²) in [6.45, 7) is 0. The zero-order valence-electron chi connectivity index (χ0n) is 9.64. The van der Waals surface area contributed by atoms with E-state index >= 15 is 0 Å². The number of nitrogens with zero attached hydrogens (tertiary/aromatic N) is 1. The molecule has 2 nitrogen and oxygen atoms in total. The quantitative estimate of drug-likeness (QED) is 0.738. The van der Waals surface area contributed by atoms with Gasteiger partial charge in [-0.25, -0.2) is 4.98 Å². The van der Waals surface area contributed by atoms with E-state index in [1.807, 2.05) is 24.3 Å². The number of aliphatic hydroxyl groups excluding tert-OH is 1. The van der Waals surface area contributed by atoms with Crippen molar-refractivity contribution < 1.29 is 5.11 Å². The minimum Gasteiger partial charge on any atom is -0.388 e. The Morgan fingerprint density at radius 2 is 2.00 bits per heavy atom. The highest BCUT2D eigenvalue weighted by atomic mass is 35.5. The number of thiophene rings is 1. The molecule has 6 heteroatoms. The lowest BCUT2D eigenvalue weighted by Gasteiger charge is -2.06. The summed E-state index contributed by atoms with van der Waals surface area (Å²) in [5, 5.41) is 11.1. The minimum atomic E-state index is -0.670. The van der Waals surface area contributed by atoms with E-state index in [9.17, 15) is 5.11 Å². The van der Waals surface area contributed by atoms with E-state index in [0.717, 1.165) is 15.2 Å². The van der Waals surface area contributed by atoms with Gasteiger partial charge in [0, 0.05) is 12.0 Å². The molecule has 1 atom stereocenters. The first-order valence-electron chi connectivity index (χ1n) is 5.61. The van der Waals surface area contributed by atoms with Gasteiger partial charge in [0.2, 0.25) is 0 Å². The van der Waals surface area contributed by atoms with Gasteiger partial charge in [-0.1, -0.05) is 35.3 Å². The van der Waals surface area contributed by atoms with E-state index in [-0.39, 0.29) is 0 Å². The molecule has 3 rings (SSSR count). The molecule has 0 radical (unpaired) electrons. The van der Waals surface area contributed by atoms with E-state index in [2.05, 4.69) is 4.98 Å². The summed E-state index contributed by atoms with van der Waals surface area (Å²) in [6.07, 6.45) is -0.219. The number of aromatic nitrogens is 1. The van der Waals surface area contributed by atoms with Crippen LogP contribution in [0.3, 0.4) is 0 Å². The van der Waals surface area contributed by atoms with Crippen molar-refractivity contribution in [2.75, 3.05) is 0 Å². The van der Waals surface area contributed by atoms with E-state index in [0.29, 0.717) is 20.7 Å². The third kappa shape index (κ3) is 2.78. The number of thiazole rings is 1. The molecule has 0 aliphatic heterocycles. The van der Waals surface area contributed by atoms with Crippen molar-refractivity contribution in [2.24, 2.45) is 0 Å². The average molecular weight is 330 g/mol. The van der Waals surface area contributed by atoms with Crippen molar-refractivity contribution in [3.8, 4) is 0 Å². The largest absolute Gasteiger partial charge is 0.388 e. The molecule has 2 heterocycles. The molecule has 0 spiro atoms. The lowest BCUT2D eigenvalue weighted by Crippen LogP contribution is -2.00. The van der Waals surface area contributed by atoms with Gasteiger partial charge in [-0.05, 0) is 18.2 Å². The summed E-state index contributed by atoms with van der Waals surface area (Å²) < 4.78 is 2.25. The van der Waals surface area contributed by atoms with Gasteiger partial charge in [-0.2, -0.15) is 0 Å². The van der Waals surface area contributed by atoms with E-state index in [1.165, 1.54) is 11.3 Å². The Labute approximate surface area is 128 Å². The number of halogens is 2. The van der Waals surface area contributed by atoms with Gasteiger partial charge < -0.3 is 5.11 Å². The normalized spacial score (nSPS) is 13.0. The maximum atomic E-state index is 10.2. The van der Waals surface area contributed by atoms with Gasteiger partial charge in [-0.3, -0.25) is 0 Å². The van der Waals surface area contributed by atoms with Crippen LogP contribution in [-0.4, -0.2) is 10.1 Å². The Hall–Kier alpha value is -0.650. The molecule has 0 fully saturated rings. The maximum Gasteiger partial charge on any atom is 0.100 e. The highest BCUT2D eigenvalue weighted by molar-refractivity contribution is 7.20. The molecule has 1 aromatic carbocycles. The average Bonchev–Trinajstić information content (AvgIpc) is 2.91. The Bertz CT molecular complexity index is 689. The van der Waals surface area contributed by atoms with Crippen LogP contribution in [0.25, 0.3) is 10.2 Å². The molecule has 0 saturated carbocycles. The van der Waals surface area contributed by atoms with Gasteiger partial charge in [-0.15, -0.1) is 22.7 Å². The third-order valence-corrected chi connectivity index (χ3v) is 5.32. The topological polar surface area (TPSA) is 33.1 Å². The zero-order chi connectivity index (χ0) is 13.4. The Kier molecular flexibility index (Phi) is 3.78. The van der Waals surface area contributed by atoms with Crippen molar-refractivity contribution >= 4 is 56.1 Å². The second-order valence-corrected chi connectivity index (χ2v) is 7.48. The van der Waals surface area contributed by atoms with Crippen LogP contribution >= 0.6 is 45.9 Å². The van der Waals surface area contributed by atoms with Crippen molar-refractivity contribution in [3.63, 3.8) is 0 Å². The molecule has 1 unspecified atom stereocenters. The van der Waals surface area contributed by atoms with Crippen molar-refractivity contribution in [1.82, 2.24) is 4.98 Å². The number of hydrogen-bond acceptors (Lipinski definition) is 4. The van der Waals surface area contributed by atoms with Crippen molar-refractivity contribution in [3.05, 3.63) is 49.6 Å². The van der Waals surface area contributed by atoms with Crippen LogP contribution < -0.4 is 0 Å². The van der Waals surface area contributed by atoms with Crippen LogP contribution in [-0.2, 0) is 6.42 Å². The smallest absolute Gasteiger partial charge is 0.100 e. The molecular formula is C13H9Cl2NOS2. The molecular weight excluding hydrogens is 321 g/mol. The molecule has 0 amide bonds. The molecule has 0 aliphatic rings. The first kappa shape index (κ1) is 13.3. The molecule has 98 valence electrons. The SMILES string of the molecule is OC(Cc1nc2ccccc2s1)c1cc(Cl)sc1Cl. The summed E-state index contributed by atoms with van der Waals surface area (Å²) in [6, 6.07) is 9.65. The van der Waals surface area contributed by atoms with Crippen molar-refractivity contribution in [2.45, 2.75) is 12.5 Å². The molecule has 0 bridgehead atoms. The van der Waals surface area contributed by atoms with Gasteiger partial charge >= 0.3 is 0 Å². The Balaban J connectivity index is 1.86. The zero-order valence-corrected chi connectivity index (χ0v) is 12.8. The Morgan fingerprint density at radius 1 is 1.21 bits per heavy atom. The number of fused-ring (bicyclic) bond motifs is 1. The van der Waals surface area contributed by atoms with Gasteiger partial charge in [0.05, 0.1) is 25.7 Å². The van der Waals surface area contributed by atoms with Crippen LogP contribution in [0.1, 0.15) is 16.7 Å². The summed E-state index contributed by atoms with van der Waals surface area (Å²) in [5.41, 5.74) is 1.64. The van der Waals surface area contributed by atoms with Gasteiger partial charge in [0.15, 0.2) is 0 Å². The number of para-hydroxylation sites is 1. The van der Waals surface area contributed by atoms with E-state index in [1.54, 1.807) is 17.4 Å². The van der Waals surface area contributed by atoms with Crippen LogP contribution in [0, 0.1) is 0 Å². The number of aliphatic hydroxyl groups is 1. The van der Waals surface area contributed by atoms with E-state index in [4.69, 9.17) is 23.2 Å². The lowest BCUT2D eigenvalue weighted by molar-refractivity contribution is 0.179. The second kappa shape index (κ2) is 5.38. The fraction of sp³-hybridized carbons (Fsp3) is 0.154. The van der Waals surface area contributed by atoms with Crippen LogP contribution in [0.4, 0.5) is 0 Å². The predicted molar refractivity (Wildman–Crippen MR) is 82.6 cm³/mol. The summed E-state index contributed by atoms with van der Waals surface area (Å²) in [4.78, 5) is 4.50. The van der Waals surface area contributed by atoms with Gasteiger partial charge in [0.25, 0.3) is 0 Å². The number of hydrogen-bond donors (Lipinski definition) is 1. The minimum absolute atomic E-state index is 0.451. The standard InChI is InChI=1S/C13H9Cl2NOS2/c14-11-5-7(13(15)19-11)9(17)6-12-16-8-3-1-2-4-10(8)18-12/h1-5,9,17H,6H2. The molecule has 0 aliphatic carbocycles. The molecule has 19 heavy (non-hydrogen) atoms. The van der Waals surface area contributed by atoms with Gasteiger partial charge in [0.1, 0.15) is 4.34 Å². The molecule has 0 saturated heterocycles.